The van der Waals surface area contributed by atoms with Crippen LogP contribution in [0.3, 0.4) is 0 Å². The van der Waals surface area contributed by atoms with Crippen molar-refractivity contribution in [3.05, 3.63) is 45.4 Å². The van der Waals surface area contributed by atoms with Gasteiger partial charge >= 0.3 is 5.97 Å². The number of anilines is 1. The number of aliphatic hydroxyl groups excluding tert-OH is 2. The van der Waals surface area contributed by atoms with Crippen molar-refractivity contribution in [1.82, 2.24) is 0 Å². The molecule has 0 saturated carbocycles. The number of primary amides is 1. The predicted octanol–water partition coefficient (Wildman–Crippen LogP) is 0.450. The van der Waals surface area contributed by atoms with Gasteiger partial charge < -0.3 is 40.5 Å². The smallest absolute Gasteiger partial charge is 0.342 e. The molecule has 4 rings (SSSR count). The molecule has 12 nitrogen and oxygen atoms in total. The number of amides is 1. The highest BCUT2D eigenvalue weighted by atomic mass is 16.6. The van der Waals surface area contributed by atoms with E-state index in [0.29, 0.717) is 11.3 Å². The van der Waals surface area contributed by atoms with Gasteiger partial charge in [-0.3, -0.25) is 14.4 Å². The molecule has 0 bridgehead atoms. The Bertz CT molecular complexity index is 1290. The van der Waals surface area contributed by atoms with E-state index in [1.807, 2.05) is 0 Å². The average molecular weight is 517 g/mol. The van der Waals surface area contributed by atoms with Crippen LogP contribution in [0.4, 0.5) is 5.69 Å². The van der Waals surface area contributed by atoms with Gasteiger partial charge in [-0.15, -0.1) is 0 Å². The second-order valence-corrected chi connectivity index (χ2v) is 9.58. The highest BCUT2D eigenvalue weighted by Crippen LogP contribution is 2.52. The molecule has 0 radical (unpaired) electrons. The Morgan fingerprint density at radius 3 is 2.43 bits per heavy atom. The Kier molecular flexibility index (Phi) is 6.51. The molecular weight excluding hydrogens is 488 g/mol. The van der Waals surface area contributed by atoms with E-state index in [-0.39, 0.29) is 49.2 Å². The highest BCUT2D eigenvalue weighted by molar-refractivity contribution is 6.24. The fourth-order valence-corrected chi connectivity index (χ4v) is 5.52. The largest absolute Gasteiger partial charge is 0.511 e. The SMILES string of the molecule is COCCOC(=O)c1cc(N(C)C)c2c(c1O)C(=O)C1=C(O)[C@]3(O)C(=O)C(C(N)=O)=C(O)CC3CC1C2. The Hall–Kier alpha value is -3.90. The van der Waals surface area contributed by atoms with Crippen molar-refractivity contribution in [3.8, 4) is 5.75 Å². The molecule has 0 fully saturated rings. The normalized spacial score (nSPS) is 24.9. The van der Waals surface area contributed by atoms with Gasteiger partial charge in [-0.2, -0.15) is 0 Å². The molecule has 198 valence electrons. The summed E-state index contributed by atoms with van der Waals surface area (Å²) < 4.78 is 9.97. The Morgan fingerprint density at radius 1 is 1.16 bits per heavy atom. The van der Waals surface area contributed by atoms with Gasteiger partial charge in [-0.1, -0.05) is 0 Å². The topological polar surface area (TPSA) is 197 Å². The summed E-state index contributed by atoms with van der Waals surface area (Å²) in [5, 5.41) is 43.7. The molecular formula is C25H28N2O10. The van der Waals surface area contributed by atoms with Crippen molar-refractivity contribution in [2.75, 3.05) is 39.3 Å². The summed E-state index contributed by atoms with van der Waals surface area (Å²) >= 11 is 0. The van der Waals surface area contributed by atoms with Gasteiger partial charge in [0.25, 0.3) is 5.91 Å². The van der Waals surface area contributed by atoms with Crippen LogP contribution in [0.25, 0.3) is 0 Å². The van der Waals surface area contributed by atoms with Crippen LogP contribution >= 0.6 is 0 Å². The van der Waals surface area contributed by atoms with Crippen LogP contribution in [0, 0.1) is 11.8 Å². The number of fused-ring (bicyclic) bond motifs is 3. The maximum Gasteiger partial charge on any atom is 0.342 e. The number of nitrogens with zero attached hydrogens (tertiary/aromatic N) is 1. The first-order valence-corrected chi connectivity index (χ1v) is 11.6. The summed E-state index contributed by atoms with van der Waals surface area (Å²) in [5.41, 5.74) is 1.72. The maximum absolute atomic E-state index is 13.8. The minimum atomic E-state index is -2.66. The Balaban J connectivity index is 1.88. The lowest BCUT2D eigenvalue weighted by atomic mass is 9.60. The van der Waals surface area contributed by atoms with Crippen LogP contribution in [-0.2, 0) is 25.5 Å². The number of esters is 1. The van der Waals surface area contributed by atoms with Crippen LogP contribution < -0.4 is 10.6 Å². The summed E-state index contributed by atoms with van der Waals surface area (Å²) in [5.74, 6) is -8.28. The number of Topliss-reactive ketones (excluding diaryl/α,β-unsaturated/α-hetero) is 2. The van der Waals surface area contributed by atoms with Crippen molar-refractivity contribution >= 4 is 29.1 Å². The quantitative estimate of drug-likeness (QED) is 0.200. The number of methoxy groups -OCH3 is 1. The van der Waals surface area contributed by atoms with E-state index in [1.165, 1.54) is 13.2 Å². The molecule has 0 spiro atoms. The number of phenols is 1. The number of hydrogen-bond donors (Lipinski definition) is 5. The fourth-order valence-electron chi connectivity index (χ4n) is 5.52. The number of benzene rings is 1. The summed E-state index contributed by atoms with van der Waals surface area (Å²) in [4.78, 5) is 52.9. The third kappa shape index (κ3) is 3.83. The molecule has 1 amide bonds. The van der Waals surface area contributed by atoms with E-state index < -0.39 is 63.7 Å². The number of ether oxygens (including phenoxy) is 2. The summed E-state index contributed by atoms with van der Waals surface area (Å²) in [6.07, 6.45) is -0.181. The number of aliphatic hydroxyl groups is 3. The number of hydrogen-bond acceptors (Lipinski definition) is 11. The number of phenolic OH excluding ortho intramolecular Hbond substituents is 1. The molecule has 2 unspecified atom stereocenters. The standard InChI is InChI=1S/C25H28N2O10/c1-27(2)14-9-13(24(34)37-5-4-36-3)19(29)17-12(14)7-10-6-11-8-15(28)18(23(26)33)22(32)25(11,35)21(31)16(10)20(17)30/h9-11,28-29,31,35H,4-8H2,1-3H3,(H2,26,33)/t10?,11?,25-/m0/s1. The van der Waals surface area contributed by atoms with E-state index in [4.69, 9.17) is 15.2 Å². The van der Waals surface area contributed by atoms with Gasteiger partial charge in [0.2, 0.25) is 5.78 Å². The first kappa shape index (κ1) is 26.2. The molecule has 0 aromatic heterocycles. The molecule has 3 aliphatic rings. The second-order valence-electron chi connectivity index (χ2n) is 9.58. The predicted molar refractivity (Wildman–Crippen MR) is 127 cm³/mol. The molecule has 1 aromatic rings. The van der Waals surface area contributed by atoms with E-state index in [9.17, 15) is 39.6 Å². The molecule has 3 aliphatic carbocycles. The lowest BCUT2D eigenvalue weighted by Gasteiger charge is -2.45. The van der Waals surface area contributed by atoms with Crippen LogP contribution in [0.5, 0.6) is 5.75 Å². The average Bonchev–Trinajstić information content (AvgIpc) is 2.81. The van der Waals surface area contributed by atoms with E-state index >= 15 is 0 Å². The number of ketones is 2. The van der Waals surface area contributed by atoms with Gasteiger partial charge in [0.15, 0.2) is 11.4 Å². The first-order chi connectivity index (χ1) is 17.4. The molecule has 3 atom stereocenters. The third-order valence-electron chi connectivity index (χ3n) is 7.26. The van der Waals surface area contributed by atoms with Crippen LogP contribution in [0.2, 0.25) is 0 Å². The molecule has 1 aromatic carbocycles. The maximum atomic E-state index is 13.8. The van der Waals surface area contributed by atoms with Gasteiger partial charge in [0.1, 0.15) is 35.0 Å². The van der Waals surface area contributed by atoms with Crippen LogP contribution in [-0.4, -0.2) is 83.9 Å². The van der Waals surface area contributed by atoms with E-state index in [1.54, 1.807) is 19.0 Å². The number of aromatic hydroxyl groups is 1. The van der Waals surface area contributed by atoms with Gasteiger partial charge in [0, 0.05) is 44.8 Å². The van der Waals surface area contributed by atoms with Crippen molar-refractivity contribution in [2.45, 2.75) is 24.9 Å². The van der Waals surface area contributed by atoms with Crippen molar-refractivity contribution in [1.29, 1.82) is 0 Å². The number of nitrogens with two attached hydrogens (primary N) is 1. The zero-order valence-electron chi connectivity index (χ0n) is 20.5. The fraction of sp³-hybridized carbons (Fsp3) is 0.440. The van der Waals surface area contributed by atoms with E-state index in [0.717, 1.165) is 0 Å². The van der Waals surface area contributed by atoms with E-state index in [2.05, 4.69) is 0 Å². The first-order valence-electron chi connectivity index (χ1n) is 11.6. The molecule has 0 heterocycles. The minimum absolute atomic E-state index is 0.0113. The van der Waals surface area contributed by atoms with Gasteiger partial charge in [-0.25, -0.2) is 4.79 Å². The second kappa shape index (κ2) is 9.20. The lowest BCUT2D eigenvalue weighted by Crippen LogP contribution is -2.57. The minimum Gasteiger partial charge on any atom is -0.511 e. The van der Waals surface area contributed by atoms with Crippen molar-refractivity contribution < 1.29 is 49.1 Å². The summed E-state index contributed by atoms with van der Waals surface area (Å²) in [7, 11) is 4.80. The van der Waals surface area contributed by atoms with Crippen molar-refractivity contribution in [2.24, 2.45) is 17.6 Å². The van der Waals surface area contributed by atoms with Crippen LogP contribution in [0.1, 0.15) is 39.1 Å². The molecule has 0 aliphatic heterocycles. The highest BCUT2D eigenvalue weighted by Gasteiger charge is 2.59. The Morgan fingerprint density at radius 2 is 1.84 bits per heavy atom. The van der Waals surface area contributed by atoms with Crippen LogP contribution in [0.15, 0.2) is 28.7 Å². The number of carbonyl (C=O) groups excluding carboxylic acids is 4. The van der Waals surface area contributed by atoms with Gasteiger partial charge in [0.05, 0.1) is 12.2 Å². The van der Waals surface area contributed by atoms with Crippen molar-refractivity contribution in [3.63, 3.8) is 0 Å². The molecule has 0 saturated heterocycles. The molecule has 12 heteroatoms. The number of allylic oxidation sites excluding steroid dienone is 2. The monoisotopic (exact) mass is 516 g/mol. The van der Waals surface area contributed by atoms with Gasteiger partial charge in [-0.05, 0) is 30.4 Å². The molecule has 6 N–H and O–H groups in total. The summed E-state index contributed by atoms with van der Waals surface area (Å²) in [6.45, 7) is 0.0224. The molecule has 37 heavy (non-hydrogen) atoms. The number of rotatable bonds is 6. The third-order valence-corrected chi connectivity index (χ3v) is 7.26. The lowest BCUT2D eigenvalue weighted by molar-refractivity contribution is -0.144. The number of carbonyl (C=O) groups is 4. The Labute approximate surface area is 211 Å². The summed E-state index contributed by atoms with van der Waals surface area (Å²) in [6, 6.07) is 1.40. The zero-order valence-corrected chi connectivity index (χ0v) is 20.5. The zero-order chi connectivity index (χ0) is 27.4.